The van der Waals surface area contributed by atoms with E-state index in [-0.39, 0.29) is 18.9 Å². The molecule has 0 saturated carbocycles. The second-order valence-electron chi connectivity index (χ2n) is 6.40. The van der Waals surface area contributed by atoms with E-state index in [1.165, 1.54) is 0 Å². The van der Waals surface area contributed by atoms with Crippen LogP contribution in [0.25, 0.3) is 22.8 Å². The van der Waals surface area contributed by atoms with Gasteiger partial charge in [-0.05, 0) is 32.9 Å². The summed E-state index contributed by atoms with van der Waals surface area (Å²) in [5.41, 5.74) is 2.72. The molecule has 0 spiro atoms. The minimum atomic E-state index is -1.33. The summed E-state index contributed by atoms with van der Waals surface area (Å²) < 4.78 is 16.3. The highest BCUT2D eigenvalue weighted by molar-refractivity contribution is 6.01. The van der Waals surface area contributed by atoms with Crippen LogP contribution < -0.4 is 0 Å². The Morgan fingerprint density at radius 2 is 1.48 bits per heavy atom. The van der Waals surface area contributed by atoms with E-state index in [1.54, 1.807) is 13.8 Å². The van der Waals surface area contributed by atoms with Crippen LogP contribution in [0, 0.1) is 6.92 Å². The Morgan fingerprint density at radius 1 is 0.897 bits per heavy atom. The molecule has 6 nitrogen and oxygen atoms in total. The van der Waals surface area contributed by atoms with Crippen molar-refractivity contribution in [3.05, 3.63) is 65.9 Å². The van der Waals surface area contributed by atoms with Crippen LogP contribution in [0.2, 0.25) is 0 Å². The molecule has 0 saturated heterocycles. The van der Waals surface area contributed by atoms with E-state index < -0.39 is 17.9 Å². The Morgan fingerprint density at radius 3 is 2.03 bits per heavy atom. The zero-order valence-corrected chi connectivity index (χ0v) is 16.7. The highest BCUT2D eigenvalue weighted by atomic mass is 16.6. The molecule has 0 amide bonds. The Kier molecular flexibility index (Phi) is 6.44. The summed E-state index contributed by atoms with van der Waals surface area (Å²) >= 11 is 0. The van der Waals surface area contributed by atoms with Crippen molar-refractivity contribution in [2.75, 3.05) is 13.2 Å². The molecule has 0 atom stereocenters. The molecule has 1 heterocycles. The van der Waals surface area contributed by atoms with Gasteiger partial charge in [-0.2, -0.15) is 0 Å². The zero-order chi connectivity index (χ0) is 20.8. The van der Waals surface area contributed by atoms with Gasteiger partial charge >= 0.3 is 11.9 Å². The standard InChI is InChI=1S/C23H23NO5/c1-4-27-22(25)18(23(26)28-5-2)19-20(16-9-7-6-8-10-16)29-21(24-19)17-13-11-15(3)12-14-17/h6-14,18H,4-5H2,1-3H3. The molecule has 0 N–H and O–H groups in total. The molecule has 29 heavy (non-hydrogen) atoms. The van der Waals surface area contributed by atoms with Gasteiger partial charge in [0, 0.05) is 11.1 Å². The van der Waals surface area contributed by atoms with Crippen molar-refractivity contribution in [1.29, 1.82) is 0 Å². The molecular weight excluding hydrogens is 370 g/mol. The first kappa shape index (κ1) is 20.3. The SMILES string of the molecule is CCOC(=O)C(C(=O)OCC)c1nc(-c2ccc(C)cc2)oc1-c1ccccc1. The van der Waals surface area contributed by atoms with Crippen molar-refractivity contribution in [2.24, 2.45) is 0 Å². The lowest BCUT2D eigenvalue weighted by Crippen LogP contribution is -2.27. The summed E-state index contributed by atoms with van der Waals surface area (Å²) in [6.07, 6.45) is 0. The molecular formula is C23H23NO5. The monoisotopic (exact) mass is 393 g/mol. The van der Waals surface area contributed by atoms with Gasteiger partial charge in [0.15, 0.2) is 11.7 Å². The number of ether oxygens (including phenoxy) is 2. The Labute approximate surface area is 169 Å². The van der Waals surface area contributed by atoms with Crippen molar-refractivity contribution in [2.45, 2.75) is 26.7 Å². The highest BCUT2D eigenvalue weighted by Crippen LogP contribution is 2.35. The fourth-order valence-electron chi connectivity index (χ4n) is 2.91. The van der Waals surface area contributed by atoms with Gasteiger partial charge in [0.1, 0.15) is 5.69 Å². The lowest BCUT2D eigenvalue weighted by Gasteiger charge is -2.13. The van der Waals surface area contributed by atoms with Crippen molar-refractivity contribution in [3.63, 3.8) is 0 Å². The van der Waals surface area contributed by atoms with E-state index in [4.69, 9.17) is 13.9 Å². The molecule has 3 aromatic rings. The zero-order valence-electron chi connectivity index (χ0n) is 16.7. The maximum atomic E-state index is 12.6. The second-order valence-corrected chi connectivity index (χ2v) is 6.40. The van der Waals surface area contributed by atoms with Gasteiger partial charge in [0.05, 0.1) is 13.2 Å². The average Bonchev–Trinajstić information content (AvgIpc) is 3.14. The third-order valence-electron chi connectivity index (χ3n) is 4.31. The van der Waals surface area contributed by atoms with Crippen LogP contribution in [0.1, 0.15) is 31.0 Å². The third-order valence-corrected chi connectivity index (χ3v) is 4.31. The number of esters is 2. The summed E-state index contributed by atoms with van der Waals surface area (Å²) in [5, 5.41) is 0. The quantitative estimate of drug-likeness (QED) is 0.434. The number of hydrogen-bond acceptors (Lipinski definition) is 6. The number of aromatic nitrogens is 1. The molecule has 0 unspecified atom stereocenters. The van der Waals surface area contributed by atoms with E-state index in [0.29, 0.717) is 17.2 Å². The minimum absolute atomic E-state index is 0.137. The summed E-state index contributed by atoms with van der Waals surface area (Å²) in [5.74, 6) is -2.10. The topological polar surface area (TPSA) is 78.6 Å². The van der Waals surface area contributed by atoms with Crippen molar-refractivity contribution in [1.82, 2.24) is 4.98 Å². The Balaban J connectivity index is 2.16. The van der Waals surface area contributed by atoms with Crippen LogP contribution in [0.5, 0.6) is 0 Å². The first-order valence-electron chi connectivity index (χ1n) is 9.51. The molecule has 0 fully saturated rings. The number of oxazole rings is 1. The van der Waals surface area contributed by atoms with E-state index in [9.17, 15) is 9.59 Å². The number of benzene rings is 2. The van der Waals surface area contributed by atoms with Crippen molar-refractivity contribution >= 4 is 11.9 Å². The van der Waals surface area contributed by atoms with E-state index in [2.05, 4.69) is 4.98 Å². The van der Waals surface area contributed by atoms with Crippen LogP contribution in [-0.4, -0.2) is 30.1 Å². The molecule has 1 aromatic heterocycles. The van der Waals surface area contributed by atoms with Crippen LogP contribution in [-0.2, 0) is 19.1 Å². The number of nitrogens with zero attached hydrogens (tertiary/aromatic N) is 1. The van der Waals surface area contributed by atoms with Crippen molar-refractivity contribution in [3.8, 4) is 22.8 Å². The average molecular weight is 393 g/mol. The summed E-state index contributed by atoms with van der Waals surface area (Å²) in [6.45, 7) is 5.62. The fraction of sp³-hybridized carbons (Fsp3) is 0.261. The van der Waals surface area contributed by atoms with E-state index in [1.807, 2.05) is 61.5 Å². The number of rotatable bonds is 7. The molecule has 0 bridgehead atoms. The van der Waals surface area contributed by atoms with Gasteiger partial charge in [-0.25, -0.2) is 4.98 Å². The van der Waals surface area contributed by atoms with Gasteiger partial charge in [-0.3, -0.25) is 9.59 Å². The largest absolute Gasteiger partial charge is 0.465 e. The first-order chi connectivity index (χ1) is 14.0. The molecule has 0 aliphatic carbocycles. The third kappa shape index (κ3) is 4.54. The fourth-order valence-corrected chi connectivity index (χ4v) is 2.91. The summed E-state index contributed by atoms with van der Waals surface area (Å²) in [7, 11) is 0. The van der Waals surface area contributed by atoms with Crippen LogP contribution in [0.3, 0.4) is 0 Å². The van der Waals surface area contributed by atoms with Gasteiger partial charge in [0.2, 0.25) is 5.89 Å². The maximum Gasteiger partial charge on any atom is 0.326 e. The van der Waals surface area contributed by atoms with Gasteiger partial charge in [-0.15, -0.1) is 0 Å². The minimum Gasteiger partial charge on any atom is -0.465 e. The highest BCUT2D eigenvalue weighted by Gasteiger charge is 2.37. The van der Waals surface area contributed by atoms with Crippen LogP contribution >= 0.6 is 0 Å². The molecule has 0 radical (unpaired) electrons. The smallest absolute Gasteiger partial charge is 0.326 e. The molecule has 150 valence electrons. The summed E-state index contributed by atoms with van der Waals surface area (Å²) in [4.78, 5) is 29.8. The van der Waals surface area contributed by atoms with Gasteiger partial charge in [0.25, 0.3) is 0 Å². The number of aryl methyl sites for hydroxylation is 1. The maximum absolute atomic E-state index is 12.6. The second kappa shape index (κ2) is 9.19. The first-order valence-corrected chi connectivity index (χ1v) is 9.51. The normalized spacial score (nSPS) is 10.8. The Bertz CT molecular complexity index is 958. The van der Waals surface area contributed by atoms with E-state index in [0.717, 1.165) is 11.1 Å². The van der Waals surface area contributed by atoms with Gasteiger partial charge < -0.3 is 13.9 Å². The van der Waals surface area contributed by atoms with Gasteiger partial charge in [-0.1, -0.05) is 48.0 Å². The molecule has 6 heteroatoms. The molecule has 0 aliphatic heterocycles. The summed E-state index contributed by atoms with van der Waals surface area (Å²) in [6, 6.07) is 16.9. The number of hydrogen-bond donors (Lipinski definition) is 0. The van der Waals surface area contributed by atoms with E-state index >= 15 is 0 Å². The van der Waals surface area contributed by atoms with Crippen LogP contribution in [0.4, 0.5) is 0 Å². The lowest BCUT2D eigenvalue weighted by atomic mass is 10.0. The Hall–Kier alpha value is -3.41. The molecule has 3 rings (SSSR count). The lowest BCUT2D eigenvalue weighted by molar-refractivity contribution is -0.157. The molecule has 2 aromatic carbocycles. The predicted octanol–water partition coefficient (Wildman–Crippen LogP) is 4.53. The van der Waals surface area contributed by atoms with Crippen molar-refractivity contribution < 1.29 is 23.5 Å². The number of carbonyl (C=O) groups is 2. The predicted molar refractivity (Wildman–Crippen MR) is 108 cm³/mol. The van der Waals surface area contributed by atoms with Crippen LogP contribution in [0.15, 0.2) is 59.0 Å². The molecule has 0 aliphatic rings. The number of carbonyl (C=O) groups excluding carboxylic acids is 2.